The first-order valence-electron chi connectivity index (χ1n) is 3.97. The van der Waals surface area contributed by atoms with Crippen molar-refractivity contribution in [2.45, 2.75) is 38.8 Å². The Kier molecular flexibility index (Phi) is 2.52. The van der Waals surface area contributed by atoms with Crippen LogP contribution in [0.15, 0.2) is 0 Å². The zero-order valence-corrected chi connectivity index (χ0v) is 7.59. The van der Waals surface area contributed by atoms with Crippen LogP contribution >= 0.6 is 9.24 Å². The Morgan fingerprint density at radius 3 is 2.22 bits per heavy atom. The highest BCUT2D eigenvalue weighted by molar-refractivity contribution is 7.17. The Balaban J connectivity index is 2.40. The molecule has 0 amide bonds. The number of hydrogen-bond donors (Lipinski definition) is 0. The van der Waals surface area contributed by atoms with Gasteiger partial charge in [-0.1, -0.05) is 20.3 Å². The van der Waals surface area contributed by atoms with E-state index in [-0.39, 0.29) is 0 Å². The molecule has 54 valence electrons. The van der Waals surface area contributed by atoms with Gasteiger partial charge >= 0.3 is 0 Å². The highest BCUT2D eigenvalue weighted by Crippen LogP contribution is 2.36. The molecule has 0 aromatic heterocycles. The van der Waals surface area contributed by atoms with E-state index in [4.69, 9.17) is 0 Å². The summed E-state index contributed by atoms with van der Waals surface area (Å²) in [6.45, 7) is 4.68. The smallest absolute Gasteiger partial charge is 0.0233 e. The fraction of sp³-hybridized carbons (Fsp3) is 1.00. The summed E-state index contributed by atoms with van der Waals surface area (Å²) in [6.07, 6.45) is 4.36. The Morgan fingerprint density at radius 1 is 1.33 bits per heavy atom. The fourth-order valence-corrected chi connectivity index (χ4v) is 2.72. The van der Waals surface area contributed by atoms with Gasteiger partial charge in [-0.05, 0) is 30.3 Å². The molecule has 1 rings (SSSR count). The van der Waals surface area contributed by atoms with Crippen LogP contribution in [0.5, 0.6) is 0 Å². The largest absolute Gasteiger partial charge is 0.134 e. The molecule has 0 aliphatic heterocycles. The van der Waals surface area contributed by atoms with Gasteiger partial charge in [-0.15, -0.1) is 9.24 Å². The quantitative estimate of drug-likeness (QED) is 0.496. The monoisotopic (exact) mass is 144 g/mol. The Labute approximate surface area is 60.6 Å². The lowest BCUT2D eigenvalue weighted by molar-refractivity contribution is 0.404. The first kappa shape index (κ1) is 7.54. The maximum Gasteiger partial charge on any atom is -0.0233 e. The van der Waals surface area contributed by atoms with Crippen molar-refractivity contribution in [3.63, 3.8) is 0 Å². The molecule has 1 aliphatic rings. The standard InChI is InChI=1S/C8H17P/c1-6(2)7-4-3-5-8(7)9/h6-8H,3-5,9H2,1-2H3. The van der Waals surface area contributed by atoms with Gasteiger partial charge in [0.25, 0.3) is 0 Å². The molecule has 1 fully saturated rings. The summed E-state index contributed by atoms with van der Waals surface area (Å²) in [4.78, 5) is 0. The summed E-state index contributed by atoms with van der Waals surface area (Å²) in [7, 11) is 2.98. The lowest BCUT2D eigenvalue weighted by Gasteiger charge is -2.18. The highest BCUT2D eigenvalue weighted by Gasteiger charge is 2.25. The van der Waals surface area contributed by atoms with Crippen LogP contribution in [0, 0.1) is 11.8 Å². The van der Waals surface area contributed by atoms with Crippen molar-refractivity contribution in [3.8, 4) is 0 Å². The van der Waals surface area contributed by atoms with Crippen LogP contribution in [0.4, 0.5) is 0 Å². The minimum Gasteiger partial charge on any atom is -0.134 e. The minimum absolute atomic E-state index is 0.898. The third kappa shape index (κ3) is 1.67. The van der Waals surface area contributed by atoms with E-state index in [0.717, 1.165) is 17.5 Å². The normalized spacial score (nSPS) is 36.0. The first-order chi connectivity index (χ1) is 4.22. The van der Waals surface area contributed by atoms with E-state index in [1.165, 1.54) is 19.3 Å². The van der Waals surface area contributed by atoms with E-state index in [1.54, 1.807) is 0 Å². The van der Waals surface area contributed by atoms with Crippen LogP contribution in [0.1, 0.15) is 33.1 Å². The van der Waals surface area contributed by atoms with Gasteiger partial charge < -0.3 is 0 Å². The predicted molar refractivity (Wildman–Crippen MR) is 45.7 cm³/mol. The van der Waals surface area contributed by atoms with Crippen molar-refractivity contribution in [2.75, 3.05) is 0 Å². The van der Waals surface area contributed by atoms with Crippen molar-refractivity contribution in [2.24, 2.45) is 11.8 Å². The molecule has 9 heavy (non-hydrogen) atoms. The zero-order valence-electron chi connectivity index (χ0n) is 6.43. The minimum atomic E-state index is 0.898. The lowest BCUT2D eigenvalue weighted by Crippen LogP contribution is -2.12. The molecule has 0 saturated heterocycles. The van der Waals surface area contributed by atoms with E-state index in [0.29, 0.717) is 0 Å². The topological polar surface area (TPSA) is 0 Å². The van der Waals surface area contributed by atoms with E-state index in [1.807, 2.05) is 0 Å². The zero-order chi connectivity index (χ0) is 6.85. The second-order valence-electron chi connectivity index (χ2n) is 3.50. The molecule has 0 aromatic rings. The second kappa shape index (κ2) is 3.01. The van der Waals surface area contributed by atoms with Crippen LogP contribution in [-0.4, -0.2) is 5.66 Å². The van der Waals surface area contributed by atoms with Gasteiger partial charge in [0.15, 0.2) is 0 Å². The van der Waals surface area contributed by atoms with E-state index in [9.17, 15) is 0 Å². The van der Waals surface area contributed by atoms with Crippen molar-refractivity contribution >= 4 is 9.24 Å². The van der Waals surface area contributed by atoms with E-state index >= 15 is 0 Å². The van der Waals surface area contributed by atoms with Crippen molar-refractivity contribution in [1.29, 1.82) is 0 Å². The molecular weight excluding hydrogens is 127 g/mol. The molecule has 0 aromatic carbocycles. The molecule has 0 radical (unpaired) electrons. The van der Waals surface area contributed by atoms with E-state index < -0.39 is 0 Å². The average molecular weight is 144 g/mol. The van der Waals surface area contributed by atoms with Crippen LogP contribution in [-0.2, 0) is 0 Å². The molecular formula is C8H17P. The summed E-state index contributed by atoms with van der Waals surface area (Å²) >= 11 is 0. The molecule has 0 heterocycles. The summed E-state index contributed by atoms with van der Waals surface area (Å²) in [5, 5.41) is 0. The summed E-state index contributed by atoms with van der Waals surface area (Å²) < 4.78 is 0. The van der Waals surface area contributed by atoms with Crippen LogP contribution in [0.3, 0.4) is 0 Å². The van der Waals surface area contributed by atoms with Gasteiger partial charge in [0.1, 0.15) is 0 Å². The van der Waals surface area contributed by atoms with Gasteiger partial charge in [0, 0.05) is 0 Å². The van der Waals surface area contributed by atoms with Gasteiger partial charge in [-0.3, -0.25) is 0 Å². The average Bonchev–Trinajstić information content (AvgIpc) is 2.13. The summed E-state index contributed by atoms with van der Waals surface area (Å²) in [5.41, 5.74) is 0.921. The number of rotatable bonds is 1. The SMILES string of the molecule is CC(C)C1CCCC1P. The maximum atomic E-state index is 2.98. The van der Waals surface area contributed by atoms with Gasteiger partial charge in [0.2, 0.25) is 0 Å². The van der Waals surface area contributed by atoms with Gasteiger partial charge in [0.05, 0.1) is 0 Å². The summed E-state index contributed by atoms with van der Waals surface area (Å²) in [6, 6.07) is 0. The van der Waals surface area contributed by atoms with Crippen molar-refractivity contribution < 1.29 is 0 Å². The van der Waals surface area contributed by atoms with Crippen LogP contribution < -0.4 is 0 Å². The Morgan fingerprint density at radius 2 is 2.00 bits per heavy atom. The highest BCUT2D eigenvalue weighted by atomic mass is 31.0. The summed E-state index contributed by atoms with van der Waals surface area (Å²) in [5.74, 6) is 1.89. The maximum absolute atomic E-state index is 2.98. The van der Waals surface area contributed by atoms with Gasteiger partial charge in [-0.25, -0.2) is 0 Å². The molecule has 0 spiro atoms. The first-order valence-corrected chi connectivity index (χ1v) is 4.64. The predicted octanol–water partition coefficient (Wildman–Crippen LogP) is 2.69. The molecule has 0 N–H and O–H groups in total. The third-order valence-electron chi connectivity index (χ3n) is 2.48. The van der Waals surface area contributed by atoms with Crippen LogP contribution in [0.2, 0.25) is 0 Å². The van der Waals surface area contributed by atoms with Crippen molar-refractivity contribution in [1.82, 2.24) is 0 Å². The molecule has 3 unspecified atom stereocenters. The molecule has 1 aliphatic carbocycles. The molecule has 1 heteroatoms. The van der Waals surface area contributed by atoms with Crippen LogP contribution in [0.25, 0.3) is 0 Å². The van der Waals surface area contributed by atoms with Crippen molar-refractivity contribution in [3.05, 3.63) is 0 Å². The van der Waals surface area contributed by atoms with Gasteiger partial charge in [-0.2, -0.15) is 0 Å². The molecule has 3 atom stereocenters. The Bertz CT molecular complexity index is 88.6. The fourth-order valence-electron chi connectivity index (χ4n) is 1.85. The lowest BCUT2D eigenvalue weighted by atomic mass is 9.94. The Hall–Kier alpha value is 0.430. The molecule has 1 saturated carbocycles. The second-order valence-corrected chi connectivity index (χ2v) is 4.36. The third-order valence-corrected chi connectivity index (χ3v) is 3.31. The molecule has 0 bridgehead atoms. The number of hydrogen-bond acceptors (Lipinski definition) is 0. The van der Waals surface area contributed by atoms with E-state index in [2.05, 4.69) is 23.1 Å². The molecule has 0 nitrogen and oxygen atoms in total.